The van der Waals surface area contributed by atoms with Gasteiger partial charge in [-0.15, -0.1) is 11.3 Å². The van der Waals surface area contributed by atoms with Crippen LogP contribution in [0.1, 0.15) is 0 Å². The summed E-state index contributed by atoms with van der Waals surface area (Å²) >= 11 is 1.86. The van der Waals surface area contributed by atoms with Crippen LogP contribution in [-0.2, 0) is 0 Å². The predicted molar refractivity (Wildman–Crippen MR) is 269 cm³/mol. The van der Waals surface area contributed by atoms with Gasteiger partial charge < -0.3 is 4.57 Å². The quantitative estimate of drug-likeness (QED) is 0.157. The van der Waals surface area contributed by atoms with Crippen molar-refractivity contribution in [1.29, 1.82) is 0 Å². The van der Waals surface area contributed by atoms with Gasteiger partial charge in [0.05, 0.1) is 33.6 Å². The summed E-state index contributed by atoms with van der Waals surface area (Å²) in [4.78, 5) is 15.9. The summed E-state index contributed by atoms with van der Waals surface area (Å²) in [7, 11) is 0. The van der Waals surface area contributed by atoms with Crippen molar-refractivity contribution in [3.63, 3.8) is 0 Å². The average Bonchev–Trinajstić information content (AvgIpc) is 3.92. The van der Waals surface area contributed by atoms with Crippen LogP contribution >= 0.6 is 11.3 Å². The zero-order valence-electron chi connectivity index (χ0n) is 34.5. The van der Waals surface area contributed by atoms with Gasteiger partial charge in [0.2, 0.25) is 0 Å². The first kappa shape index (κ1) is 36.4. The smallest absolute Gasteiger partial charge is 0.160 e. The van der Waals surface area contributed by atoms with E-state index in [1.165, 1.54) is 47.2 Å². The van der Waals surface area contributed by atoms with Crippen LogP contribution in [0.3, 0.4) is 0 Å². The van der Waals surface area contributed by atoms with Gasteiger partial charge in [-0.25, -0.2) is 15.0 Å². The van der Waals surface area contributed by atoms with Crippen LogP contribution in [-0.4, -0.2) is 19.5 Å². The minimum Gasteiger partial charge on any atom is -0.309 e. The zero-order valence-corrected chi connectivity index (χ0v) is 35.3. The Morgan fingerprint density at radius 1 is 0.328 bits per heavy atom. The molecule has 0 aliphatic heterocycles. The third-order valence-electron chi connectivity index (χ3n) is 12.6. The Kier molecular flexibility index (Phi) is 8.36. The number of pyridine rings is 1. The minimum atomic E-state index is 0.688. The van der Waals surface area contributed by atoms with Gasteiger partial charge in [0.15, 0.2) is 5.82 Å². The van der Waals surface area contributed by atoms with Crippen LogP contribution in [0.25, 0.3) is 126 Å². The summed E-state index contributed by atoms with van der Waals surface area (Å²) < 4.78 is 4.93. The molecule has 0 N–H and O–H groups in total. The topological polar surface area (TPSA) is 43.6 Å². The fourth-order valence-corrected chi connectivity index (χ4v) is 10.7. The van der Waals surface area contributed by atoms with E-state index < -0.39 is 0 Å². The Morgan fingerprint density at radius 3 is 1.70 bits per heavy atom. The summed E-state index contributed by atoms with van der Waals surface area (Å²) in [5, 5.41) is 8.55. The van der Waals surface area contributed by atoms with E-state index in [9.17, 15) is 0 Å². The van der Waals surface area contributed by atoms with Gasteiger partial charge in [-0.05, 0) is 71.8 Å². The number of hydrogen-bond acceptors (Lipinski definition) is 4. The molecule has 0 aliphatic rings. The molecule has 4 aromatic heterocycles. The lowest BCUT2D eigenvalue weighted by Crippen LogP contribution is -1.96. The fourth-order valence-electron chi connectivity index (χ4n) is 9.59. The molecule has 13 rings (SSSR count). The van der Waals surface area contributed by atoms with E-state index in [1.807, 2.05) is 17.4 Å². The maximum absolute atomic E-state index is 5.41. The Morgan fingerprint density at radius 2 is 0.922 bits per heavy atom. The molecule has 0 spiro atoms. The van der Waals surface area contributed by atoms with Gasteiger partial charge in [-0.3, -0.25) is 0 Å². The number of aromatic nitrogens is 4. The Hall–Kier alpha value is -8.25. The first-order valence-corrected chi connectivity index (χ1v) is 22.4. The van der Waals surface area contributed by atoms with E-state index >= 15 is 0 Å². The molecular formula is C59H36N4S. The van der Waals surface area contributed by atoms with Gasteiger partial charge in [-0.1, -0.05) is 158 Å². The van der Waals surface area contributed by atoms with E-state index in [2.05, 4.69) is 217 Å². The number of nitrogens with zero attached hydrogens (tertiary/aromatic N) is 4. The predicted octanol–water partition coefficient (Wildman–Crippen LogP) is 16.0. The van der Waals surface area contributed by atoms with Crippen LogP contribution < -0.4 is 0 Å². The average molecular weight is 833 g/mol. The molecule has 0 radical (unpaired) electrons. The summed E-state index contributed by atoms with van der Waals surface area (Å²) in [5.74, 6) is 0.688. The van der Waals surface area contributed by atoms with E-state index in [4.69, 9.17) is 15.0 Å². The highest BCUT2D eigenvalue weighted by atomic mass is 32.1. The SMILES string of the molecule is c1ccc(-c2cc(-c3ccc(-c4ccc5c(c4)nc(-c4ccccc4)c4ccc6sc7ccccc7c6c45)cc3)nc(-c3ccc4c(c3)c3ccccc3n4-c3ccccc3)n2)cc1. The monoisotopic (exact) mass is 832 g/mol. The molecule has 9 aromatic carbocycles. The largest absolute Gasteiger partial charge is 0.309 e. The van der Waals surface area contributed by atoms with Crippen LogP contribution in [0.5, 0.6) is 0 Å². The Balaban J connectivity index is 0.932. The van der Waals surface area contributed by atoms with Gasteiger partial charge in [0.25, 0.3) is 0 Å². The second-order valence-electron chi connectivity index (χ2n) is 16.3. The van der Waals surface area contributed by atoms with Gasteiger partial charge in [0, 0.05) is 75.0 Å². The van der Waals surface area contributed by atoms with Crippen molar-refractivity contribution in [3.8, 4) is 62.0 Å². The molecule has 5 heteroatoms. The first-order valence-electron chi connectivity index (χ1n) is 21.6. The molecular weight excluding hydrogens is 797 g/mol. The lowest BCUT2D eigenvalue weighted by molar-refractivity contribution is 1.17. The zero-order chi connectivity index (χ0) is 42.1. The lowest BCUT2D eigenvalue weighted by atomic mass is 9.94. The molecule has 0 unspecified atom stereocenters. The number of fused-ring (bicyclic) bond motifs is 10. The molecule has 4 heterocycles. The molecule has 0 amide bonds. The Labute approximate surface area is 373 Å². The summed E-state index contributed by atoms with van der Waals surface area (Å²) in [6, 6.07) is 77.7. The molecule has 0 atom stereocenters. The summed E-state index contributed by atoms with van der Waals surface area (Å²) in [6.45, 7) is 0. The lowest BCUT2D eigenvalue weighted by Gasteiger charge is -2.13. The van der Waals surface area contributed by atoms with Crippen molar-refractivity contribution in [3.05, 3.63) is 218 Å². The maximum Gasteiger partial charge on any atom is 0.160 e. The fraction of sp³-hybridized carbons (Fsp3) is 0. The summed E-state index contributed by atoms with van der Waals surface area (Å²) in [6.07, 6.45) is 0. The van der Waals surface area contributed by atoms with Crippen LogP contribution in [0.4, 0.5) is 0 Å². The van der Waals surface area contributed by atoms with Crippen molar-refractivity contribution in [2.75, 3.05) is 0 Å². The number of hydrogen-bond donors (Lipinski definition) is 0. The van der Waals surface area contributed by atoms with Crippen LogP contribution in [0.2, 0.25) is 0 Å². The van der Waals surface area contributed by atoms with E-state index in [0.29, 0.717) is 5.82 Å². The standard InChI is InChI=1S/C59H36N4S/c1-4-14-38(15-5-1)49-36-50(62-59(61-49)42-29-32-53-48(34-42)44-20-10-12-22-52(44)63(53)43-18-8-3-9-19-43)39-26-24-37(25-27-39)41-28-30-45-51(35-41)60-58(40-16-6-2-7-17-40)47-31-33-55-57(56(45)47)46-21-11-13-23-54(46)64-55/h1-36H. The minimum absolute atomic E-state index is 0.688. The molecule has 13 aromatic rings. The van der Waals surface area contributed by atoms with Crippen molar-refractivity contribution < 1.29 is 0 Å². The normalized spacial score (nSPS) is 11.8. The number of para-hydroxylation sites is 2. The molecule has 64 heavy (non-hydrogen) atoms. The van der Waals surface area contributed by atoms with Gasteiger partial charge in [0.1, 0.15) is 0 Å². The molecule has 0 saturated carbocycles. The third kappa shape index (κ3) is 5.93. The van der Waals surface area contributed by atoms with Gasteiger partial charge >= 0.3 is 0 Å². The molecule has 0 aliphatic carbocycles. The molecule has 4 nitrogen and oxygen atoms in total. The third-order valence-corrected chi connectivity index (χ3v) is 13.7. The molecule has 0 saturated heterocycles. The Bertz CT molecular complexity index is 3930. The van der Waals surface area contributed by atoms with E-state index in [0.717, 1.165) is 72.6 Å². The van der Waals surface area contributed by atoms with Crippen molar-refractivity contribution in [2.24, 2.45) is 0 Å². The highest BCUT2D eigenvalue weighted by Crippen LogP contribution is 2.44. The number of benzene rings is 9. The van der Waals surface area contributed by atoms with Crippen molar-refractivity contribution >= 4 is 75.0 Å². The summed E-state index contributed by atoms with van der Waals surface area (Å²) in [5.41, 5.74) is 13.6. The van der Waals surface area contributed by atoms with Crippen molar-refractivity contribution in [2.45, 2.75) is 0 Å². The maximum atomic E-state index is 5.41. The second kappa shape index (κ2) is 14.7. The van der Waals surface area contributed by atoms with Crippen LogP contribution in [0, 0.1) is 0 Å². The molecule has 0 fully saturated rings. The van der Waals surface area contributed by atoms with Gasteiger partial charge in [-0.2, -0.15) is 0 Å². The second-order valence-corrected chi connectivity index (χ2v) is 17.4. The highest BCUT2D eigenvalue weighted by molar-refractivity contribution is 7.26. The number of thiophene rings is 1. The van der Waals surface area contributed by atoms with Crippen LogP contribution in [0.15, 0.2) is 218 Å². The highest BCUT2D eigenvalue weighted by Gasteiger charge is 2.19. The molecule has 0 bridgehead atoms. The first-order chi connectivity index (χ1) is 31.7. The van der Waals surface area contributed by atoms with E-state index in [-0.39, 0.29) is 0 Å². The molecule has 298 valence electrons. The van der Waals surface area contributed by atoms with Crippen molar-refractivity contribution in [1.82, 2.24) is 19.5 Å². The number of rotatable bonds is 6. The van der Waals surface area contributed by atoms with E-state index in [1.54, 1.807) is 0 Å².